The maximum Gasteiger partial charge on any atom is 0.105 e. The van der Waals surface area contributed by atoms with E-state index in [0.717, 1.165) is 18.7 Å². The van der Waals surface area contributed by atoms with Crippen molar-refractivity contribution >= 4 is 0 Å². The van der Waals surface area contributed by atoms with Crippen LogP contribution in [-0.4, -0.2) is 6.54 Å². The average Bonchev–Trinajstić information content (AvgIpc) is 2.78. The lowest BCUT2D eigenvalue weighted by atomic mass is 9.90. The summed E-state index contributed by atoms with van der Waals surface area (Å²) >= 11 is 0. The van der Waals surface area contributed by atoms with E-state index in [1.807, 2.05) is 6.92 Å². The van der Waals surface area contributed by atoms with Crippen LogP contribution >= 0.6 is 0 Å². The zero-order chi connectivity index (χ0) is 14.7. The van der Waals surface area contributed by atoms with E-state index in [4.69, 9.17) is 4.42 Å². The Morgan fingerprint density at radius 1 is 1.10 bits per heavy atom. The molecule has 0 amide bonds. The molecule has 0 aliphatic carbocycles. The van der Waals surface area contributed by atoms with Gasteiger partial charge in [0.05, 0.1) is 12.3 Å². The summed E-state index contributed by atoms with van der Waals surface area (Å²) in [6.45, 7) is 11.8. The highest BCUT2D eigenvalue weighted by atomic mass is 16.3. The lowest BCUT2D eigenvalue weighted by Crippen LogP contribution is -2.25. The van der Waals surface area contributed by atoms with Gasteiger partial charge in [0.25, 0.3) is 0 Å². The molecule has 0 fully saturated rings. The van der Waals surface area contributed by atoms with Gasteiger partial charge in [-0.3, -0.25) is 0 Å². The number of hydrogen-bond donors (Lipinski definition) is 1. The second kappa shape index (κ2) is 6.27. The fourth-order valence-corrected chi connectivity index (χ4v) is 3.00. The summed E-state index contributed by atoms with van der Waals surface area (Å²) in [4.78, 5) is 0. The Labute approximate surface area is 122 Å². The van der Waals surface area contributed by atoms with E-state index < -0.39 is 0 Å². The second-order valence-corrected chi connectivity index (χ2v) is 5.63. The first-order chi connectivity index (χ1) is 9.54. The number of aryl methyl sites for hydroxylation is 4. The molecule has 0 saturated heterocycles. The molecule has 0 bridgehead atoms. The fourth-order valence-electron chi connectivity index (χ4n) is 3.00. The minimum absolute atomic E-state index is 0.217. The van der Waals surface area contributed by atoms with E-state index in [1.54, 1.807) is 6.26 Å². The highest BCUT2D eigenvalue weighted by Gasteiger charge is 2.21. The van der Waals surface area contributed by atoms with Gasteiger partial charge in [0, 0.05) is 5.56 Å². The monoisotopic (exact) mass is 271 g/mol. The number of furan rings is 1. The summed E-state index contributed by atoms with van der Waals surface area (Å²) < 4.78 is 5.51. The third-order valence-corrected chi connectivity index (χ3v) is 3.84. The van der Waals surface area contributed by atoms with E-state index in [1.165, 1.54) is 27.8 Å². The first-order valence-corrected chi connectivity index (χ1v) is 7.39. The highest BCUT2D eigenvalue weighted by Crippen LogP contribution is 2.31. The van der Waals surface area contributed by atoms with Gasteiger partial charge < -0.3 is 9.73 Å². The summed E-state index contributed by atoms with van der Waals surface area (Å²) in [7, 11) is 0. The van der Waals surface area contributed by atoms with Crippen LogP contribution in [0, 0.1) is 27.7 Å². The third-order valence-electron chi connectivity index (χ3n) is 3.84. The van der Waals surface area contributed by atoms with Crippen LogP contribution in [0.1, 0.15) is 53.0 Å². The van der Waals surface area contributed by atoms with Crippen molar-refractivity contribution in [2.75, 3.05) is 6.54 Å². The molecular weight excluding hydrogens is 246 g/mol. The summed E-state index contributed by atoms with van der Waals surface area (Å²) in [5.74, 6) is 0.998. The van der Waals surface area contributed by atoms with Crippen molar-refractivity contribution < 1.29 is 4.42 Å². The highest BCUT2D eigenvalue weighted by molar-refractivity contribution is 5.44. The van der Waals surface area contributed by atoms with Gasteiger partial charge in [-0.15, -0.1) is 0 Å². The maximum absolute atomic E-state index is 5.51. The van der Waals surface area contributed by atoms with Crippen LogP contribution in [0.15, 0.2) is 28.9 Å². The molecule has 1 aromatic heterocycles. The molecule has 0 aliphatic heterocycles. The van der Waals surface area contributed by atoms with Gasteiger partial charge in [-0.25, -0.2) is 0 Å². The SMILES string of the molecule is CCCNC(c1ccoc1C)c1c(C)cc(C)cc1C. The summed E-state index contributed by atoms with van der Waals surface area (Å²) in [6.07, 6.45) is 2.90. The van der Waals surface area contributed by atoms with Crippen LogP contribution in [0.2, 0.25) is 0 Å². The van der Waals surface area contributed by atoms with Crippen molar-refractivity contribution in [1.82, 2.24) is 5.32 Å². The number of hydrogen-bond acceptors (Lipinski definition) is 2. The molecule has 0 aliphatic rings. The zero-order valence-electron chi connectivity index (χ0n) is 13.2. The minimum atomic E-state index is 0.217. The molecule has 108 valence electrons. The van der Waals surface area contributed by atoms with Gasteiger partial charge in [-0.1, -0.05) is 24.6 Å². The molecule has 2 aromatic rings. The largest absolute Gasteiger partial charge is 0.469 e. The van der Waals surface area contributed by atoms with Crippen LogP contribution < -0.4 is 5.32 Å². The van der Waals surface area contributed by atoms with Crippen molar-refractivity contribution in [3.8, 4) is 0 Å². The molecule has 0 spiro atoms. The smallest absolute Gasteiger partial charge is 0.105 e. The predicted molar refractivity (Wildman–Crippen MR) is 84.2 cm³/mol. The Morgan fingerprint density at radius 2 is 1.75 bits per heavy atom. The van der Waals surface area contributed by atoms with Crippen molar-refractivity contribution in [2.45, 2.75) is 47.1 Å². The first kappa shape index (κ1) is 14.9. The fraction of sp³-hybridized carbons (Fsp3) is 0.444. The quantitative estimate of drug-likeness (QED) is 0.859. The molecule has 1 unspecified atom stereocenters. The van der Waals surface area contributed by atoms with Crippen LogP contribution in [0.4, 0.5) is 0 Å². The number of rotatable bonds is 5. The van der Waals surface area contributed by atoms with Gasteiger partial charge in [0.15, 0.2) is 0 Å². The second-order valence-electron chi connectivity index (χ2n) is 5.63. The Kier molecular flexibility index (Phi) is 4.66. The number of benzene rings is 1. The maximum atomic E-state index is 5.51. The molecule has 2 nitrogen and oxygen atoms in total. The van der Waals surface area contributed by atoms with Crippen LogP contribution in [-0.2, 0) is 0 Å². The molecular formula is C18H25NO. The van der Waals surface area contributed by atoms with Crippen LogP contribution in [0.25, 0.3) is 0 Å². The van der Waals surface area contributed by atoms with Gasteiger partial charge in [-0.05, 0) is 63.4 Å². The van der Waals surface area contributed by atoms with E-state index in [2.05, 4.69) is 51.2 Å². The van der Waals surface area contributed by atoms with Gasteiger partial charge in [0.2, 0.25) is 0 Å². The summed E-state index contributed by atoms with van der Waals surface area (Å²) in [5.41, 5.74) is 6.64. The van der Waals surface area contributed by atoms with Gasteiger partial charge >= 0.3 is 0 Å². The molecule has 1 N–H and O–H groups in total. The number of nitrogens with one attached hydrogen (secondary N) is 1. The third kappa shape index (κ3) is 2.96. The van der Waals surface area contributed by atoms with Gasteiger partial charge in [-0.2, -0.15) is 0 Å². The predicted octanol–water partition coefficient (Wildman–Crippen LogP) is 4.60. The van der Waals surface area contributed by atoms with E-state index in [-0.39, 0.29) is 6.04 Å². The Balaban J connectivity index is 2.50. The van der Waals surface area contributed by atoms with Crippen molar-refractivity contribution in [2.24, 2.45) is 0 Å². The Hall–Kier alpha value is -1.54. The molecule has 1 aromatic carbocycles. The van der Waals surface area contributed by atoms with Crippen molar-refractivity contribution in [3.63, 3.8) is 0 Å². The normalized spacial score (nSPS) is 12.7. The van der Waals surface area contributed by atoms with E-state index in [9.17, 15) is 0 Å². The topological polar surface area (TPSA) is 25.2 Å². The Morgan fingerprint density at radius 3 is 2.25 bits per heavy atom. The lowest BCUT2D eigenvalue weighted by Gasteiger charge is -2.23. The minimum Gasteiger partial charge on any atom is -0.469 e. The van der Waals surface area contributed by atoms with E-state index >= 15 is 0 Å². The Bertz CT molecular complexity index is 560. The summed E-state index contributed by atoms with van der Waals surface area (Å²) in [6, 6.07) is 6.83. The van der Waals surface area contributed by atoms with Crippen molar-refractivity contribution in [3.05, 3.63) is 58.0 Å². The zero-order valence-corrected chi connectivity index (χ0v) is 13.2. The molecule has 0 saturated carbocycles. The van der Waals surface area contributed by atoms with Crippen LogP contribution in [0.3, 0.4) is 0 Å². The molecule has 0 radical (unpaired) electrons. The molecule has 20 heavy (non-hydrogen) atoms. The first-order valence-electron chi connectivity index (χ1n) is 7.39. The average molecular weight is 271 g/mol. The standard InChI is InChI=1S/C18H25NO/c1-6-8-19-18(16-7-9-20-15(16)5)17-13(3)10-12(2)11-14(17)4/h7,9-11,18-19H,6,8H2,1-5H3. The molecule has 2 heteroatoms. The molecule has 2 rings (SSSR count). The van der Waals surface area contributed by atoms with E-state index in [0.29, 0.717) is 0 Å². The van der Waals surface area contributed by atoms with Crippen molar-refractivity contribution in [1.29, 1.82) is 0 Å². The summed E-state index contributed by atoms with van der Waals surface area (Å²) in [5, 5.41) is 3.67. The van der Waals surface area contributed by atoms with Gasteiger partial charge in [0.1, 0.15) is 5.76 Å². The molecule has 1 atom stereocenters. The lowest BCUT2D eigenvalue weighted by molar-refractivity contribution is 0.516. The van der Waals surface area contributed by atoms with Crippen LogP contribution in [0.5, 0.6) is 0 Å². The molecule has 1 heterocycles.